The summed E-state index contributed by atoms with van der Waals surface area (Å²) in [5, 5.41) is 19.1. The Bertz CT molecular complexity index is 1340. The SMILES string of the molecule is COc1ccc(-c2nc(C(=O)NC3(C(=O)O)CCCCC3)c(NC(=O)Nc3c(C)cc(C)cc3C)s2)cc1. The first-order valence-corrected chi connectivity index (χ1v) is 13.3. The fourth-order valence-corrected chi connectivity index (χ4v) is 5.83. The number of benzene rings is 2. The van der Waals surface area contributed by atoms with Crippen LogP contribution in [0.4, 0.5) is 15.5 Å². The summed E-state index contributed by atoms with van der Waals surface area (Å²) in [5.74, 6) is -1.03. The van der Waals surface area contributed by atoms with Crippen molar-refractivity contribution in [2.75, 3.05) is 17.7 Å². The van der Waals surface area contributed by atoms with E-state index in [4.69, 9.17) is 4.74 Å². The molecule has 200 valence electrons. The van der Waals surface area contributed by atoms with E-state index in [1.54, 1.807) is 19.2 Å². The number of carbonyl (C=O) groups is 3. The fraction of sp³-hybridized carbons (Fsp3) is 0.357. The number of carbonyl (C=O) groups excluding carboxylic acids is 2. The van der Waals surface area contributed by atoms with Gasteiger partial charge in [0.1, 0.15) is 21.3 Å². The maximum atomic E-state index is 13.5. The van der Waals surface area contributed by atoms with Crippen molar-refractivity contribution in [3.8, 4) is 16.3 Å². The smallest absolute Gasteiger partial charge is 0.329 e. The summed E-state index contributed by atoms with van der Waals surface area (Å²) in [4.78, 5) is 43.2. The number of aliphatic carboxylic acids is 1. The van der Waals surface area contributed by atoms with Gasteiger partial charge in [-0.2, -0.15) is 0 Å². The molecule has 1 fully saturated rings. The highest BCUT2D eigenvalue weighted by Crippen LogP contribution is 2.35. The van der Waals surface area contributed by atoms with Crippen molar-refractivity contribution in [1.82, 2.24) is 10.3 Å². The number of aryl methyl sites for hydroxylation is 3. The van der Waals surface area contributed by atoms with Crippen molar-refractivity contribution in [1.29, 1.82) is 0 Å². The summed E-state index contributed by atoms with van der Waals surface area (Å²) in [5.41, 5.74) is 2.96. The first kappa shape index (κ1) is 27.1. The standard InChI is InChI=1S/C28H32N4O5S/c1-16-14-17(2)21(18(3)15-16)30-27(36)31-25-22(23(33)32-28(26(34)35)12-6-5-7-13-28)29-24(38-25)19-8-10-20(37-4)11-9-19/h8-11,14-15H,5-7,12-13H2,1-4H3,(H,32,33)(H,34,35)(H2,30,31,36). The number of nitrogens with one attached hydrogen (secondary N) is 3. The van der Waals surface area contributed by atoms with Crippen molar-refractivity contribution in [3.05, 3.63) is 58.8 Å². The van der Waals surface area contributed by atoms with Crippen LogP contribution in [0.2, 0.25) is 0 Å². The fourth-order valence-electron chi connectivity index (χ4n) is 4.87. The van der Waals surface area contributed by atoms with Crippen LogP contribution in [0.1, 0.15) is 59.3 Å². The lowest BCUT2D eigenvalue weighted by Gasteiger charge is -2.33. The number of methoxy groups -OCH3 is 1. The molecule has 4 N–H and O–H groups in total. The number of ether oxygens (including phenoxy) is 1. The number of carboxylic acid groups (broad SMARTS) is 1. The van der Waals surface area contributed by atoms with Crippen molar-refractivity contribution in [2.24, 2.45) is 0 Å². The molecular formula is C28H32N4O5S. The highest BCUT2D eigenvalue weighted by Gasteiger charge is 2.42. The minimum absolute atomic E-state index is 0.0282. The number of carboxylic acids is 1. The lowest BCUT2D eigenvalue weighted by molar-refractivity contribution is -0.145. The molecule has 2 aromatic carbocycles. The highest BCUT2D eigenvalue weighted by atomic mass is 32.1. The summed E-state index contributed by atoms with van der Waals surface area (Å²) >= 11 is 1.14. The van der Waals surface area contributed by atoms with Crippen LogP contribution in [0.15, 0.2) is 36.4 Å². The average molecular weight is 537 g/mol. The third-order valence-corrected chi connectivity index (χ3v) is 7.81. The number of hydrogen-bond donors (Lipinski definition) is 4. The molecule has 1 saturated carbocycles. The lowest BCUT2D eigenvalue weighted by atomic mass is 9.81. The number of urea groups is 1. The van der Waals surface area contributed by atoms with Crippen molar-refractivity contribution in [3.63, 3.8) is 0 Å². The molecule has 4 rings (SSSR count). The van der Waals surface area contributed by atoms with Crippen LogP contribution in [0.5, 0.6) is 5.75 Å². The monoisotopic (exact) mass is 536 g/mol. The second-order valence-corrected chi connectivity index (χ2v) is 10.7. The zero-order valence-electron chi connectivity index (χ0n) is 21.9. The van der Waals surface area contributed by atoms with Crippen molar-refractivity contribution in [2.45, 2.75) is 58.4 Å². The van der Waals surface area contributed by atoms with Gasteiger partial charge in [-0.1, -0.05) is 48.3 Å². The molecule has 0 bridgehead atoms. The molecule has 3 aromatic rings. The van der Waals surface area contributed by atoms with Gasteiger partial charge >= 0.3 is 12.0 Å². The Kier molecular flexibility index (Phi) is 8.01. The van der Waals surface area contributed by atoms with Crippen LogP contribution in [-0.2, 0) is 4.79 Å². The van der Waals surface area contributed by atoms with Gasteiger partial charge < -0.3 is 20.5 Å². The lowest BCUT2D eigenvalue weighted by Crippen LogP contribution is -2.55. The van der Waals surface area contributed by atoms with Crippen LogP contribution < -0.4 is 20.7 Å². The normalized spacial score (nSPS) is 14.4. The number of thiazole rings is 1. The van der Waals surface area contributed by atoms with Gasteiger partial charge in [0, 0.05) is 11.3 Å². The van der Waals surface area contributed by atoms with E-state index < -0.39 is 23.4 Å². The molecule has 0 atom stereocenters. The van der Waals surface area contributed by atoms with Gasteiger partial charge in [-0.05, 0) is 69.0 Å². The Morgan fingerprint density at radius 2 is 1.61 bits per heavy atom. The highest BCUT2D eigenvalue weighted by molar-refractivity contribution is 7.19. The predicted molar refractivity (Wildman–Crippen MR) is 148 cm³/mol. The Balaban J connectivity index is 1.65. The summed E-state index contributed by atoms with van der Waals surface area (Å²) in [6.45, 7) is 5.82. The maximum Gasteiger partial charge on any atom is 0.329 e. The Labute approximate surface area is 225 Å². The first-order valence-electron chi connectivity index (χ1n) is 12.5. The molecule has 1 aliphatic rings. The molecule has 3 amide bonds. The van der Waals surface area contributed by atoms with E-state index in [0.29, 0.717) is 42.1 Å². The summed E-state index contributed by atoms with van der Waals surface area (Å²) in [6.07, 6.45) is 3.04. The van der Waals surface area contributed by atoms with Crippen LogP contribution in [0.3, 0.4) is 0 Å². The van der Waals surface area contributed by atoms with E-state index in [1.807, 2.05) is 45.0 Å². The van der Waals surface area contributed by atoms with E-state index in [-0.39, 0.29) is 10.7 Å². The minimum atomic E-state index is -1.35. The zero-order chi connectivity index (χ0) is 27.4. The van der Waals surface area contributed by atoms with Gasteiger partial charge in [0.2, 0.25) is 0 Å². The molecule has 0 aliphatic heterocycles. The van der Waals surface area contributed by atoms with Crippen LogP contribution in [0, 0.1) is 20.8 Å². The number of hydrogen-bond acceptors (Lipinski definition) is 6. The Morgan fingerprint density at radius 1 is 0.974 bits per heavy atom. The largest absolute Gasteiger partial charge is 0.497 e. The van der Waals surface area contributed by atoms with E-state index >= 15 is 0 Å². The van der Waals surface area contributed by atoms with Gasteiger partial charge in [-0.25, -0.2) is 14.6 Å². The summed E-state index contributed by atoms with van der Waals surface area (Å²) < 4.78 is 5.22. The maximum absolute atomic E-state index is 13.5. The number of nitrogens with zero attached hydrogens (tertiary/aromatic N) is 1. The summed E-state index contributed by atoms with van der Waals surface area (Å²) in [6, 6.07) is 10.6. The van der Waals surface area contributed by atoms with Gasteiger partial charge in [0.05, 0.1) is 7.11 Å². The van der Waals surface area contributed by atoms with Crippen molar-refractivity contribution >= 4 is 39.9 Å². The molecule has 0 radical (unpaired) electrons. The Morgan fingerprint density at radius 3 is 2.18 bits per heavy atom. The van der Waals surface area contributed by atoms with E-state index in [0.717, 1.165) is 40.0 Å². The number of anilines is 2. The second kappa shape index (κ2) is 11.2. The quantitative estimate of drug-likeness (QED) is 0.297. The Hall–Kier alpha value is -3.92. The predicted octanol–water partition coefficient (Wildman–Crippen LogP) is 5.91. The molecule has 0 unspecified atom stereocenters. The molecule has 1 aliphatic carbocycles. The van der Waals surface area contributed by atoms with Gasteiger partial charge in [-0.15, -0.1) is 0 Å². The third kappa shape index (κ3) is 5.80. The second-order valence-electron chi connectivity index (χ2n) is 9.68. The average Bonchev–Trinajstić information content (AvgIpc) is 3.30. The van der Waals surface area contributed by atoms with Crippen molar-refractivity contribution < 1.29 is 24.2 Å². The first-order chi connectivity index (χ1) is 18.1. The number of amides is 3. The molecule has 0 saturated heterocycles. The molecule has 0 spiro atoms. The van der Waals surface area contributed by atoms with Gasteiger partial charge in [-0.3, -0.25) is 10.1 Å². The number of rotatable bonds is 7. The van der Waals surface area contributed by atoms with E-state index in [1.165, 1.54) is 0 Å². The third-order valence-electron chi connectivity index (χ3n) is 6.79. The van der Waals surface area contributed by atoms with Gasteiger partial charge in [0.15, 0.2) is 5.69 Å². The number of aromatic nitrogens is 1. The van der Waals surface area contributed by atoms with Crippen LogP contribution >= 0.6 is 11.3 Å². The van der Waals surface area contributed by atoms with E-state index in [9.17, 15) is 19.5 Å². The molecule has 1 heterocycles. The summed E-state index contributed by atoms with van der Waals surface area (Å²) in [7, 11) is 1.57. The topological polar surface area (TPSA) is 130 Å². The molecule has 38 heavy (non-hydrogen) atoms. The van der Waals surface area contributed by atoms with Crippen LogP contribution in [0.25, 0.3) is 10.6 Å². The van der Waals surface area contributed by atoms with E-state index in [2.05, 4.69) is 20.9 Å². The molecule has 1 aromatic heterocycles. The van der Waals surface area contributed by atoms with Gasteiger partial charge in [0.25, 0.3) is 5.91 Å². The molecular weight excluding hydrogens is 504 g/mol. The zero-order valence-corrected chi connectivity index (χ0v) is 22.8. The molecule has 10 heteroatoms. The molecule has 9 nitrogen and oxygen atoms in total. The minimum Gasteiger partial charge on any atom is -0.497 e. The van der Waals surface area contributed by atoms with Crippen LogP contribution in [-0.4, -0.2) is 40.6 Å².